The molecule has 3 aromatic rings. The number of para-hydroxylation sites is 1. The van der Waals surface area contributed by atoms with Crippen LogP contribution >= 0.6 is 0 Å². The summed E-state index contributed by atoms with van der Waals surface area (Å²) in [6, 6.07) is 16.1. The minimum atomic E-state index is 0.736. The second-order valence-electron chi connectivity index (χ2n) is 5.37. The normalized spacial score (nSPS) is 10.6. The topological polar surface area (TPSA) is 43.4 Å². The van der Waals surface area contributed by atoms with E-state index in [1.165, 1.54) is 5.56 Å². The molecule has 0 fully saturated rings. The van der Waals surface area contributed by atoms with Gasteiger partial charge in [-0.25, -0.2) is 4.98 Å². The van der Waals surface area contributed by atoms with E-state index in [1.54, 1.807) is 14.2 Å². The summed E-state index contributed by atoms with van der Waals surface area (Å²) in [5, 5.41) is 4.56. The molecule has 0 saturated carbocycles. The third-order valence-corrected chi connectivity index (χ3v) is 3.79. The number of aromatic nitrogens is 1. The van der Waals surface area contributed by atoms with Crippen LogP contribution in [0.15, 0.2) is 48.5 Å². The van der Waals surface area contributed by atoms with Gasteiger partial charge in [0.05, 0.1) is 14.2 Å². The summed E-state index contributed by atoms with van der Waals surface area (Å²) in [7, 11) is 3.34. The third kappa shape index (κ3) is 3.21. The Kier molecular flexibility index (Phi) is 4.33. The highest BCUT2D eigenvalue weighted by molar-refractivity contribution is 5.95. The Hall–Kier alpha value is -2.75. The molecular weight excluding hydrogens is 288 g/mol. The number of rotatable bonds is 5. The lowest BCUT2D eigenvalue weighted by Crippen LogP contribution is -2.02. The van der Waals surface area contributed by atoms with Crippen LogP contribution in [0.2, 0.25) is 0 Å². The highest BCUT2D eigenvalue weighted by Gasteiger charge is 2.08. The van der Waals surface area contributed by atoms with Crippen LogP contribution in [0.1, 0.15) is 11.3 Å². The van der Waals surface area contributed by atoms with Gasteiger partial charge in [0.1, 0.15) is 17.0 Å². The van der Waals surface area contributed by atoms with Crippen molar-refractivity contribution in [3.05, 3.63) is 59.8 Å². The molecule has 4 nitrogen and oxygen atoms in total. The van der Waals surface area contributed by atoms with Gasteiger partial charge < -0.3 is 14.8 Å². The number of benzene rings is 2. The molecular formula is C19H20N2O2. The lowest BCUT2D eigenvalue weighted by molar-refractivity contribution is 0.414. The summed E-state index contributed by atoms with van der Waals surface area (Å²) in [6.07, 6.45) is 0. The maximum absolute atomic E-state index is 5.42. The summed E-state index contributed by atoms with van der Waals surface area (Å²) in [5.41, 5.74) is 4.09. The summed E-state index contributed by atoms with van der Waals surface area (Å²) in [6.45, 7) is 2.73. The average Bonchev–Trinajstić information content (AvgIpc) is 2.59. The lowest BCUT2D eigenvalue weighted by atomic mass is 10.1. The first-order valence-electron chi connectivity index (χ1n) is 7.52. The predicted octanol–water partition coefficient (Wildman–Crippen LogP) is 4.17. The molecule has 4 heteroatoms. The van der Waals surface area contributed by atoms with Crippen molar-refractivity contribution < 1.29 is 9.47 Å². The number of nitrogens with one attached hydrogen (secondary N) is 1. The Bertz CT molecular complexity index is 813. The van der Waals surface area contributed by atoms with Crippen molar-refractivity contribution in [2.75, 3.05) is 19.5 Å². The van der Waals surface area contributed by atoms with E-state index in [0.717, 1.165) is 40.3 Å². The van der Waals surface area contributed by atoms with Crippen molar-refractivity contribution in [3.63, 3.8) is 0 Å². The van der Waals surface area contributed by atoms with E-state index in [-0.39, 0.29) is 0 Å². The van der Waals surface area contributed by atoms with Crippen molar-refractivity contribution in [3.8, 4) is 11.5 Å². The Morgan fingerprint density at radius 3 is 2.48 bits per heavy atom. The average molecular weight is 308 g/mol. The van der Waals surface area contributed by atoms with Gasteiger partial charge in [-0.1, -0.05) is 24.3 Å². The molecule has 0 aliphatic carbocycles. The standard InChI is InChI=1S/C19H20N2O2/c1-13-11-17(16-5-4-6-18(23-3)19(16)21-13)20-12-14-7-9-15(22-2)10-8-14/h4-11H,12H2,1-3H3,(H,20,21). The molecule has 1 heterocycles. The first-order chi connectivity index (χ1) is 11.2. The zero-order valence-electron chi connectivity index (χ0n) is 13.6. The Morgan fingerprint density at radius 1 is 1.00 bits per heavy atom. The number of hydrogen-bond donors (Lipinski definition) is 1. The number of anilines is 1. The summed E-state index contributed by atoms with van der Waals surface area (Å²) >= 11 is 0. The lowest BCUT2D eigenvalue weighted by Gasteiger charge is -2.13. The van der Waals surface area contributed by atoms with E-state index >= 15 is 0 Å². The molecule has 1 aromatic heterocycles. The van der Waals surface area contributed by atoms with Crippen molar-refractivity contribution in [1.29, 1.82) is 0 Å². The molecule has 0 saturated heterocycles. The molecule has 118 valence electrons. The van der Waals surface area contributed by atoms with Gasteiger partial charge in [-0.3, -0.25) is 0 Å². The molecule has 3 rings (SSSR count). The van der Waals surface area contributed by atoms with Crippen LogP contribution in [0.4, 0.5) is 5.69 Å². The molecule has 1 N–H and O–H groups in total. The van der Waals surface area contributed by atoms with Crippen LogP contribution in [0.25, 0.3) is 10.9 Å². The Morgan fingerprint density at radius 2 is 1.78 bits per heavy atom. The Labute approximate surface area is 136 Å². The Balaban J connectivity index is 1.90. The van der Waals surface area contributed by atoms with Crippen molar-refractivity contribution >= 4 is 16.6 Å². The molecule has 0 unspecified atom stereocenters. The van der Waals surface area contributed by atoms with Gasteiger partial charge in [-0.2, -0.15) is 0 Å². The fourth-order valence-electron chi connectivity index (χ4n) is 2.60. The number of fused-ring (bicyclic) bond motifs is 1. The smallest absolute Gasteiger partial charge is 0.145 e. The monoisotopic (exact) mass is 308 g/mol. The number of nitrogens with zero attached hydrogens (tertiary/aromatic N) is 1. The van der Waals surface area contributed by atoms with Gasteiger partial charge in [0, 0.05) is 23.3 Å². The largest absolute Gasteiger partial charge is 0.497 e. The third-order valence-electron chi connectivity index (χ3n) is 3.79. The second kappa shape index (κ2) is 6.57. The van der Waals surface area contributed by atoms with Crippen LogP contribution in [0.3, 0.4) is 0 Å². The van der Waals surface area contributed by atoms with E-state index in [0.29, 0.717) is 0 Å². The van der Waals surface area contributed by atoms with Crippen LogP contribution in [0.5, 0.6) is 11.5 Å². The number of ether oxygens (including phenoxy) is 2. The van der Waals surface area contributed by atoms with Gasteiger partial charge >= 0.3 is 0 Å². The van der Waals surface area contributed by atoms with Gasteiger partial charge in [0.2, 0.25) is 0 Å². The van der Waals surface area contributed by atoms with Crippen molar-refractivity contribution in [2.45, 2.75) is 13.5 Å². The van der Waals surface area contributed by atoms with Crippen LogP contribution < -0.4 is 14.8 Å². The zero-order chi connectivity index (χ0) is 16.2. The molecule has 0 amide bonds. The molecule has 0 bridgehead atoms. The van der Waals surface area contributed by atoms with Gasteiger partial charge in [0.15, 0.2) is 0 Å². The van der Waals surface area contributed by atoms with E-state index in [4.69, 9.17) is 9.47 Å². The maximum atomic E-state index is 5.42. The molecule has 2 aromatic carbocycles. The number of aryl methyl sites for hydroxylation is 1. The maximum Gasteiger partial charge on any atom is 0.145 e. The van der Waals surface area contributed by atoms with Gasteiger partial charge in [-0.15, -0.1) is 0 Å². The zero-order valence-corrected chi connectivity index (χ0v) is 13.6. The number of hydrogen-bond acceptors (Lipinski definition) is 4. The molecule has 0 aliphatic rings. The molecule has 0 atom stereocenters. The van der Waals surface area contributed by atoms with Crippen molar-refractivity contribution in [2.24, 2.45) is 0 Å². The predicted molar refractivity (Wildman–Crippen MR) is 93.4 cm³/mol. The molecule has 0 aliphatic heterocycles. The highest BCUT2D eigenvalue weighted by atomic mass is 16.5. The fraction of sp³-hybridized carbons (Fsp3) is 0.211. The van der Waals surface area contributed by atoms with E-state index in [1.807, 2.05) is 31.2 Å². The molecule has 23 heavy (non-hydrogen) atoms. The van der Waals surface area contributed by atoms with Crippen LogP contribution in [0, 0.1) is 6.92 Å². The van der Waals surface area contributed by atoms with Crippen molar-refractivity contribution in [1.82, 2.24) is 4.98 Å². The summed E-state index contributed by atoms with van der Waals surface area (Å²) in [5.74, 6) is 1.65. The minimum Gasteiger partial charge on any atom is -0.497 e. The first-order valence-corrected chi connectivity index (χ1v) is 7.52. The highest BCUT2D eigenvalue weighted by Crippen LogP contribution is 2.30. The number of methoxy groups -OCH3 is 2. The van der Waals surface area contributed by atoms with Gasteiger partial charge in [0.25, 0.3) is 0 Å². The second-order valence-corrected chi connectivity index (χ2v) is 5.37. The van der Waals surface area contributed by atoms with E-state index < -0.39 is 0 Å². The summed E-state index contributed by atoms with van der Waals surface area (Å²) < 4.78 is 10.6. The van der Waals surface area contributed by atoms with Crippen LogP contribution in [-0.4, -0.2) is 19.2 Å². The SMILES string of the molecule is COc1ccc(CNc2cc(C)nc3c(OC)cccc23)cc1. The van der Waals surface area contributed by atoms with Crippen LogP contribution in [-0.2, 0) is 6.54 Å². The quantitative estimate of drug-likeness (QED) is 0.768. The molecule has 0 radical (unpaired) electrons. The first kappa shape index (κ1) is 15.2. The summed E-state index contributed by atoms with van der Waals surface area (Å²) in [4.78, 5) is 4.60. The number of pyridine rings is 1. The minimum absolute atomic E-state index is 0.736. The van der Waals surface area contributed by atoms with Gasteiger partial charge in [-0.05, 0) is 36.8 Å². The van der Waals surface area contributed by atoms with E-state index in [9.17, 15) is 0 Å². The molecule has 0 spiro atoms. The fourth-order valence-corrected chi connectivity index (χ4v) is 2.60. The van der Waals surface area contributed by atoms with E-state index in [2.05, 4.69) is 34.6 Å².